The van der Waals surface area contributed by atoms with Gasteiger partial charge in [-0.1, -0.05) is 13.2 Å². The van der Waals surface area contributed by atoms with Crippen molar-refractivity contribution in [2.24, 2.45) is 0 Å². The van der Waals surface area contributed by atoms with Gasteiger partial charge in [0.1, 0.15) is 5.76 Å². The molecule has 0 rings (SSSR count). The summed E-state index contributed by atoms with van der Waals surface area (Å²) in [6, 6.07) is 0. The van der Waals surface area contributed by atoms with Crippen LogP contribution in [-0.4, -0.2) is 18.2 Å². The molecule has 0 spiro atoms. The molecule has 0 unspecified atom stereocenters. The van der Waals surface area contributed by atoms with Crippen molar-refractivity contribution in [3.63, 3.8) is 0 Å². The number of carbonyl (C=O) groups excluding carboxylic acids is 1. The fraction of sp³-hybridized carbons (Fsp3) is 0.222. The zero-order valence-electron chi connectivity index (χ0n) is 7.26. The molecule has 0 fully saturated rings. The van der Waals surface area contributed by atoms with E-state index in [1.165, 1.54) is 13.2 Å². The summed E-state index contributed by atoms with van der Waals surface area (Å²) in [5.41, 5.74) is 0.752. The number of esters is 1. The Morgan fingerprint density at radius 1 is 1.50 bits per heavy atom. The quantitative estimate of drug-likeness (QED) is 0.302. The van der Waals surface area contributed by atoms with Crippen LogP contribution in [-0.2, 0) is 9.53 Å². The van der Waals surface area contributed by atoms with E-state index in [2.05, 4.69) is 17.9 Å². The van der Waals surface area contributed by atoms with Gasteiger partial charge in [-0.05, 0) is 18.6 Å². The average Bonchev–Trinajstić information content (AvgIpc) is 1.98. The third-order valence-corrected chi connectivity index (χ3v) is 1.18. The molecule has 0 bridgehead atoms. The van der Waals surface area contributed by atoms with E-state index in [0.717, 1.165) is 0 Å². The third kappa shape index (κ3) is 3.05. The number of methoxy groups -OCH3 is 1. The first kappa shape index (κ1) is 10.5. The summed E-state index contributed by atoms with van der Waals surface area (Å²) >= 11 is 0. The number of hydrogen-bond acceptors (Lipinski definition) is 3. The first-order chi connectivity index (χ1) is 5.49. The molecule has 0 aliphatic rings. The Morgan fingerprint density at radius 3 is 2.25 bits per heavy atom. The Morgan fingerprint density at radius 2 is 2.00 bits per heavy atom. The monoisotopic (exact) mass is 168 g/mol. The molecule has 0 saturated carbocycles. The second-order valence-corrected chi connectivity index (χ2v) is 2.32. The molecule has 0 radical (unpaired) electrons. The highest BCUT2D eigenvalue weighted by molar-refractivity contribution is 5.93. The van der Waals surface area contributed by atoms with Gasteiger partial charge in [-0.25, -0.2) is 4.79 Å². The van der Waals surface area contributed by atoms with Gasteiger partial charge in [0.2, 0.25) is 0 Å². The van der Waals surface area contributed by atoms with Crippen LogP contribution in [0.15, 0.2) is 36.1 Å². The Labute approximate surface area is 71.7 Å². The van der Waals surface area contributed by atoms with E-state index in [-0.39, 0.29) is 11.3 Å². The number of aliphatic hydroxyl groups is 1. The maximum absolute atomic E-state index is 11.0. The summed E-state index contributed by atoms with van der Waals surface area (Å²) in [6.45, 7) is 8.43. The number of ether oxygens (including phenoxy) is 1. The lowest BCUT2D eigenvalue weighted by molar-refractivity contribution is -0.135. The predicted octanol–water partition coefficient (Wildman–Crippen LogP) is 1.73. The Bertz CT molecular complexity index is 248. The number of hydrogen-bond donors (Lipinski definition) is 1. The smallest absolute Gasteiger partial charge is 0.338 e. The maximum Gasteiger partial charge on any atom is 0.338 e. The van der Waals surface area contributed by atoms with Crippen LogP contribution in [0.4, 0.5) is 0 Å². The Kier molecular flexibility index (Phi) is 3.83. The number of carbonyl (C=O) groups is 1. The van der Waals surface area contributed by atoms with Gasteiger partial charge < -0.3 is 9.84 Å². The summed E-state index contributed by atoms with van der Waals surface area (Å²) in [7, 11) is 1.26. The topological polar surface area (TPSA) is 46.5 Å². The lowest BCUT2D eigenvalue weighted by Gasteiger charge is -2.03. The van der Waals surface area contributed by atoms with Crippen LogP contribution in [0.1, 0.15) is 6.92 Å². The van der Waals surface area contributed by atoms with Gasteiger partial charge in [-0.15, -0.1) is 0 Å². The zero-order valence-corrected chi connectivity index (χ0v) is 7.26. The molecule has 1 N–H and O–H groups in total. The number of rotatable bonds is 3. The summed E-state index contributed by atoms with van der Waals surface area (Å²) in [4.78, 5) is 11.0. The molecule has 12 heavy (non-hydrogen) atoms. The van der Waals surface area contributed by atoms with E-state index >= 15 is 0 Å². The second kappa shape index (κ2) is 4.38. The Balaban J connectivity index is 4.79. The van der Waals surface area contributed by atoms with Crippen LogP contribution in [0.5, 0.6) is 0 Å². The van der Waals surface area contributed by atoms with Gasteiger partial charge in [-0.3, -0.25) is 0 Å². The standard InChI is InChI=1S/C9H12O3/c1-6(2)8(5-7(3)10)9(11)12-4/h5,10H,1,3H2,2,4H3/b8-5+. The minimum Gasteiger partial charge on any atom is -0.509 e. The van der Waals surface area contributed by atoms with E-state index in [1.807, 2.05) is 0 Å². The normalized spacial score (nSPS) is 10.7. The van der Waals surface area contributed by atoms with Crippen molar-refractivity contribution in [2.75, 3.05) is 7.11 Å². The molecule has 0 saturated heterocycles. The van der Waals surface area contributed by atoms with Gasteiger partial charge in [-0.2, -0.15) is 0 Å². The van der Waals surface area contributed by atoms with Crippen molar-refractivity contribution in [1.82, 2.24) is 0 Å². The Hall–Kier alpha value is -1.51. The molecule has 0 heterocycles. The average molecular weight is 168 g/mol. The fourth-order valence-corrected chi connectivity index (χ4v) is 0.633. The molecule has 0 amide bonds. The van der Waals surface area contributed by atoms with E-state index in [0.29, 0.717) is 5.57 Å². The third-order valence-electron chi connectivity index (χ3n) is 1.18. The minimum absolute atomic E-state index is 0.196. The van der Waals surface area contributed by atoms with Crippen LogP contribution in [0.25, 0.3) is 0 Å². The summed E-state index contributed by atoms with van der Waals surface area (Å²) in [6.07, 6.45) is 1.22. The van der Waals surface area contributed by atoms with E-state index < -0.39 is 5.97 Å². The molecule has 0 aliphatic carbocycles. The predicted molar refractivity (Wildman–Crippen MR) is 46.7 cm³/mol. The molecule has 0 aliphatic heterocycles. The van der Waals surface area contributed by atoms with Crippen molar-refractivity contribution in [1.29, 1.82) is 0 Å². The largest absolute Gasteiger partial charge is 0.509 e. The van der Waals surface area contributed by atoms with Gasteiger partial charge >= 0.3 is 5.97 Å². The molecule has 0 aromatic rings. The second-order valence-electron chi connectivity index (χ2n) is 2.32. The molecule has 0 atom stereocenters. The van der Waals surface area contributed by atoms with E-state index in [1.54, 1.807) is 6.92 Å². The van der Waals surface area contributed by atoms with Crippen LogP contribution in [0, 0.1) is 0 Å². The highest BCUT2D eigenvalue weighted by atomic mass is 16.5. The molecule has 66 valence electrons. The van der Waals surface area contributed by atoms with Gasteiger partial charge in [0, 0.05) is 0 Å². The number of aliphatic hydroxyl groups excluding tert-OH is 1. The van der Waals surface area contributed by atoms with Crippen LogP contribution in [0.3, 0.4) is 0 Å². The van der Waals surface area contributed by atoms with Crippen molar-refractivity contribution < 1.29 is 14.6 Å². The summed E-state index contributed by atoms with van der Waals surface area (Å²) in [5, 5.41) is 8.80. The zero-order chi connectivity index (χ0) is 9.72. The molecule has 3 heteroatoms. The fourth-order valence-electron chi connectivity index (χ4n) is 0.633. The van der Waals surface area contributed by atoms with E-state index in [9.17, 15) is 4.79 Å². The minimum atomic E-state index is -0.530. The van der Waals surface area contributed by atoms with Crippen molar-refractivity contribution in [3.8, 4) is 0 Å². The van der Waals surface area contributed by atoms with Crippen LogP contribution >= 0.6 is 0 Å². The highest BCUT2D eigenvalue weighted by Gasteiger charge is 2.09. The molecular weight excluding hydrogens is 156 g/mol. The highest BCUT2D eigenvalue weighted by Crippen LogP contribution is 2.10. The van der Waals surface area contributed by atoms with Crippen LogP contribution < -0.4 is 0 Å². The number of allylic oxidation sites excluding steroid dienone is 1. The summed E-state index contributed by atoms with van der Waals surface area (Å²) in [5.74, 6) is -0.726. The van der Waals surface area contributed by atoms with Crippen molar-refractivity contribution in [2.45, 2.75) is 6.92 Å². The molecule has 0 aromatic heterocycles. The molecular formula is C9H12O3. The van der Waals surface area contributed by atoms with E-state index in [4.69, 9.17) is 5.11 Å². The van der Waals surface area contributed by atoms with Crippen molar-refractivity contribution >= 4 is 5.97 Å². The lowest BCUT2D eigenvalue weighted by atomic mass is 10.1. The first-order valence-corrected chi connectivity index (χ1v) is 3.32. The van der Waals surface area contributed by atoms with Crippen LogP contribution in [0.2, 0.25) is 0 Å². The van der Waals surface area contributed by atoms with Gasteiger partial charge in [0.05, 0.1) is 12.7 Å². The van der Waals surface area contributed by atoms with Gasteiger partial charge in [0.25, 0.3) is 0 Å². The molecule has 3 nitrogen and oxygen atoms in total. The summed E-state index contributed by atoms with van der Waals surface area (Å²) < 4.78 is 4.45. The maximum atomic E-state index is 11.0. The van der Waals surface area contributed by atoms with Gasteiger partial charge in [0.15, 0.2) is 0 Å². The molecule has 0 aromatic carbocycles. The SMILES string of the molecule is C=C(O)/C=C(\C(=C)C)C(=O)OC. The first-order valence-electron chi connectivity index (χ1n) is 3.32. The van der Waals surface area contributed by atoms with Crippen molar-refractivity contribution in [3.05, 3.63) is 36.1 Å². The lowest BCUT2D eigenvalue weighted by Crippen LogP contribution is -2.05.